The first-order valence-electron chi connectivity index (χ1n) is 10.1. The summed E-state index contributed by atoms with van der Waals surface area (Å²) in [6, 6.07) is 13.7. The maximum absolute atomic E-state index is 12.7. The largest absolute Gasteiger partial charge is 0.493 e. The number of nitrogens with two attached hydrogens (primary N) is 1. The normalized spacial score (nSPS) is 11.4. The number of nitrogen functional groups attached to an aromatic ring is 1. The van der Waals surface area contributed by atoms with Crippen LogP contribution in [0.15, 0.2) is 54.6 Å². The smallest absolute Gasteiger partial charge is 0.416 e. The average Bonchev–Trinajstić information content (AvgIpc) is 3.17. The van der Waals surface area contributed by atoms with Crippen molar-refractivity contribution in [3.63, 3.8) is 0 Å². The molecule has 0 bridgehead atoms. The number of fused-ring (bicyclic) bond motifs is 1. The van der Waals surface area contributed by atoms with Gasteiger partial charge in [0.1, 0.15) is 9.71 Å². The average molecular weight is 488 g/mol. The van der Waals surface area contributed by atoms with E-state index >= 15 is 0 Å². The number of thiophene rings is 1. The highest BCUT2D eigenvalue weighted by Gasteiger charge is 2.30. The van der Waals surface area contributed by atoms with Crippen LogP contribution < -0.4 is 20.5 Å². The van der Waals surface area contributed by atoms with E-state index in [0.29, 0.717) is 43.5 Å². The topological polar surface area (TPSA) is 86.5 Å². The Kier molecular flexibility index (Phi) is 6.34. The Morgan fingerprint density at radius 3 is 2.38 bits per heavy atom. The van der Waals surface area contributed by atoms with Crippen molar-refractivity contribution in [1.82, 2.24) is 10.3 Å². The van der Waals surface area contributed by atoms with Crippen LogP contribution in [-0.2, 0) is 12.7 Å². The summed E-state index contributed by atoms with van der Waals surface area (Å²) in [7, 11) is 3.11. The van der Waals surface area contributed by atoms with Crippen molar-refractivity contribution in [1.29, 1.82) is 0 Å². The van der Waals surface area contributed by atoms with Crippen LogP contribution in [0, 0.1) is 0 Å². The molecule has 0 spiro atoms. The molecule has 0 unspecified atom stereocenters. The van der Waals surface area contributed by atoms with Crippen molar-refractivity contribution in [3.05, 3.63) is 70.6 Å². The Morgan fingerprint density at radius 1 is 1.03 bits per heavy atom. The molecule has 0 saturated heterocycles. The van der Waals surface area contributed by atoms with Gasteiger partial charge in [-0.2, -0.15) is 13.2 Å². The first kappa shape index (κ1) is 23.4. The molecule has 0 aliphatic heterocycles. The third-order valence-electron chi connectivity index (χ3n) is 5.21. The fourth-order valence-corrected chi connectivity index (χ4v) is 4.41. The SMILES string of the molecule is COc1ccc(-c2ccc3c(N)c(C(=O)NCc4ccc(C(F)(F)F)cc4)sc3n2)cc1OC. The summed E-state index contributed by atoms with van der Waals surface area (Å²) < 4.78 is 48.7. The van der Waals surface area contributed by atoms with Crippen LogP contribution in [0.25, 0.3) is 21.5 Å². The standard InChI is InChI=1S/C24H20F3N3O3S/c1-32-18-10-5-14(11-19(18)33-2)17-9-8-16-20(28)21(34-23(16)30-17)22(31)29-12-13-3-6-15(7-4-13)24(25,26)27/h3-11H,12,28H2,1-2H3,(H,29,31). The Labute approximate surface area is 197 Å². The molecule has 2 aromatic heterocycles. The van der Waals surface area contributed by atoms with Crippen molar-refractivity contribution in [2.45, 2.75) is 12.7 Å². The number of ether oxygens (including phenoxy) is 2. The fourth-order valence-electron chi connectivity index (χ4n) is 3.40. The second-order valence-corrected chi connectivity index (χ2v) is 8.34. The van der Waals surface area contributed by atoms with E-state index in [2.05, 4.69) is 10.3 Å². The predicted molar refractivity (Wildman–Crippen MR) is 125 cm³/mol. The van der Waals surface area contributed by atoms with Crippen LogP contribution in [0.2, 0.25) is 0 Å². The fraction of sp³-hybridized carbons (Fsp3) is 0.167. The van der Waals surface area contributed by atoms with E-state index in [-0.39, 0.29) is 6.54 Å². The van der Waals surface area contributed by atoms with Gasteiger partial charge >= 0.3 is 6.18 Å². The number of aromatic nitrogens is 1. The van der Waals surface area contributed by atoms with Crippen LogP contribution in [0.4, 0.5) is 18.9 Å². The zero-order valence-electron chi connectivity index (χ0n) is 18.2. The predicted octanol–water partition coefficient (Wildman–Crippen LogP) is 5.51. The monoisotopic (exact) mass is 487 g/mol. The van der Waals surface area contributed by atoms with Crippen molar-refractivity contribution in [3.8, 4) is 22.8 Å². The number of carbonyl (C=O) groups is 1. The number of hydrogen-bond donors (Lipinski definition) is 2. The van der Waals surface area contributed by atoms with E-state index in [1.807, 2.05) is 12.1 Å². The molecule has 1 amide bonds. The molecule has 0 radical (unpaired) electrons. The zero-order chi connectivity index (χ0) is 24.5. The molecule has 34 heavy (non-hydrogen) atoms. The Bertz CT molecular complexity index is 1350. The van der Waals surface area contributed by atoms with Gasteiger partial charge in [-0.3, -0.25) is 4.79 Å². The van der Waals surface area contributed by atoms with E-state index in [1.165, 1.54) is 12.1 Å². The summed E-state index contributed by atoms with van der Waals surface area (Å²) in [6.45, 7) is 0.0645. The van der Waals surface area contributed by atoms with E-state index < -0.39 is 17.6 Å². The quantitative estimate of drug-likeness (QED) is 0.375. The molecule has 4 aromatic rings. The number of nitrogens with one attached hydrogen (secondary N) is 1. The van der Waals surface area contributed by atoms with Gasteiger partial charge in [0, 0.05) is 17.5 Å². The molecule has 6 nitrogen and oxygen atoms in total. The Morgan fingerprint density at radius 2 is 1.74 bits per heavy atom. The Balaban J connectivity index is 1.54. The van der Waals surface area contributed by atoms with Gasteiger partial charge in [-0.25, -0.2) is 4.98 Å². The molecule has 0 saturated carbocycles. The number of rotatable bonds is 6. The van der Waals surface area contributed by atoms with E-state index in [9.17, 15) is 18.0 Å². The number of hydrogen-bond acceptors (Lipinski definition) is 6. The maximum Gasteiger partial charge on any atom is 0.416 e. The van der Waals surface area contributed by atoms with Crippen LogP contribution in [0.5, 0.6) is 11.5 Å². The lowest BCUT2D eigenvalue weighted by Gasteiger charge is -2.09. The molecule has 2 aromatic carbocycles. The van der Waals surface area contributed by atoms with Gasteiger partial charge in [0.05, 0.1) is 31.2 Å². The molecular weight excluding hydrogens is 467 g/mol. The number of benzene rings is 2. The third kappa shape index (κ3) is 4.62. The van der Waals surface area contributed by atoms with E-state index in [1.54, 1.807) is 32.4 Å². The third-order valence-corrected chi connectivity index (χ3v) is 6.33. The number of carbonyl (C=O) groups excluding carboxylic acids is 1. The van der Waals surface area contributed by atoms with Gasteiger partial charge in [-0.1, -0.05) is 12.1 Å². The van der Waals surface area contributed by atoms with Crippen molar-refractivity contribution in [2.24, 2.45) is 0 Å². The van der Waals surface area contributed by atoms with E-state index in [0.717, 1.165) is 29.0 Å². The highest BCUT2D eigenvalue weighted by Crippen LogP contribution is 2.36. The van der Waals surface area contributed by atoms with Gasteiger partial charge in [0.2, 0.25) is 0 Å². The molecule has 0 fully saturated rings. The van der Waals surface area contributed by atoms with Crippen molar-refractivity contribution >= 4 is 33.1 Å². The number of anilines is 1. The number of amides is 1. The minimum atomic E-state index is -4.41. The van der Waals surface area contributed by atoms with Crippen LogP contribution in [0.1, 0.15) is 20.8 Å². The molecule has 10 heteroatoms. The van der Waals surface area contributed by atoms with Crippen molar-refractivity contribution in [2.75, 3.05) is 20.0 Å². The van der Waals surface area contributed by atoms with Gasteiger partial charge < -0.3 is 20.5 Å². The lowest BCUT2D eigenvalue weighted by Crippen LogP contribution is -2.22. The van der Waals surface area contributed by atoms with Gasteiger partial charge in [-0.15, -0.1) is 11.3 Å². The summed E-state index contributed by atoms with van der Waals surface area (Å²) in [6.07, 6.45) is -4.41. The highest BCUT2D eigenvalue weighted by atomic mass is 32.1. The second-order valence-electron chi connectivity index (χ2n) is 7.34. The number of alkyl halides is 3. The summed E-state index contributed by atoms with van der Waals surface area (Å²) in [5.41, 5.74) is 7.77. The lowest BCUT2D eigenvalue weighted by molar-refractivity contribution is -0.137. The molecular formula is C24H20F3N3O3S. The molecule has 2 heterocycles. The lowest BCUT2D eigenvalue weighted by atomic mass is 10.1. The molecule has 0 atom stereocenters. The first-order valence-corrected chi connectivity index (χ1v) is 10.9. The Hall–Kier alpha value is -3.79. The minimum absolute atomic E-state index is 0.0645. The van der Waals surface area contributed by atoms with Crippen LogP contribution in [-0.4, -0.2) is 25.1 Å². The number of nitrogens with zero attached hydrogens (tertiary/aromatic N) is 1. The van der Waals surface area contributed by atoms with Crippen molar-refractivity contribution < 1.29 is 27.4 Å². The van der Waals surface area contributed by atoms with Gasteiger partial charge in [0.15, 0.2) is 11.5 Å². The molecule has 3 N–H and O–H groups in total. The van der Waals surface area contributed by atoms with Crippen LogP contribution >= 0.6 is 11.3 Å². The number of methoxy groups -OCH3 is 2. The minimum Gasteiger partial charge on any atom is -0.493 e. The van der Waals surface area contributed by atoms with E-state index in [4.69, 9.17) is 15.2 Å². The maximum atomic E-state index is 12.7. The summed E-state index contributed by atoms with van der Waals surface area (Å²) in [5.74, 6) is 0.740. The summed E-state index contributed by atoms with van der Waals surface area (Å²) in [5, 5.41) is 3.35. The number of halogens is 3. The van der Waals surface area contributed by atoms with Gasteiger partial charge in [-0.05, 0) is 48.0 Å². The van der Waals surface area contributed by atoms with Crippen LogP contribution in [0.3, 0.4) is 0 Å². The second kappa shape index (κ2) is 9.22. The molecule has 0 aliphatic rings. The zero-order valence-corrected chi connectivity index (χ0v) is 19.0. The molecule has 0 aliphatic carbocycles. The van der Waals surface area contributed by atoms with Gasteiger partial charge in [0.25, 0.3) is 5.91 Å². The molecule has 176 valence electrons. The summed E-state index contributed by atoms with van der Waals surface area (Å²) in [4.78, 5) is 18.2. The first-order chi connectivity index (χ1) is 16.2. The molecule has 4 rings (SSSR count). The number of pyridine rings is 1. The summed E-state index contributed by atoms with van der Waals surface area (Å²) >= 11 is 1.15. The highest BCUT2D eigenvalue weighted by molar-refractivity contribution is 7.21.